The monoisotopic (exact) mass is 280 g/mol. The molecule has 2 N–H and O–H groups in total. The number of rotatable bonds is 5. The van der Waals surface area contributed by atoms with Gasteiger partial charge in [-0.25, -0.2) is 9.59 Å². The smallest absolute Gasteiger partial charge is 0.346 e. The summed E-state index contributed by atoms with van der Waals surface area (Å²) in [5, 5.41) is 16.2. The van der Waals surface area contributed by atoms with Crippen LogP contribution in [-0.2, 0) is 9.47 Å². The number of hydrogen-bond acceptors (Lipinski definition) is 6. The number of ether oxygens (including phenoxy) is 2. The summed E-state index contributed by atoms with van der Waals surface area (Å²) < 4.78 is 9.05. The SMILES string of the molecule is C=Cc1ccc2c(c1)C(=O)OC2=O.OCCOCCO. The van der Waals surface area contributed by atoms with Crippen LogP contribution in [0.4, 0.5) is 0 Å². The lowest BCUT2D eigenvalue weighted by molar-refractivity contribution is 0.0443. The highest BCUT2D eigenvalue weighted by molar-refractivity contribution is 6.14. The Labute approximate surface area is 116 Å². The Balaban J connectivity index is 0.000000246. The molecule has 108 valence electrons. The van der Waals surface area contributed by atoms with E-state index in [4.69, 9.17) is 10.2 Å². The Morgan fingerprint density at radius 1 is 1.10 bits per heavy atom. The minimum atomic E-state index is -0.580. The summed E-state index contributed by atoms with van der Waals surface area (Å²) in [6.07, 6.45) is 1.61. The van der Waals surface area contributed by atoms with Gasteiger partial charge in [0, 0.05) is 0 Å². The lowest BCUT2D eigenvalue weighted by atomic mass is 10.1. The van der Waals surface area contributed by atoms with Crippen molar-refractivity contribution in [3.8, 4) is 0 Å². The number of carbonyl (C=O) groups is 2. The van der Waals surface area contributed by atoms with Crippen molar-refractivity contribution in [1.29, 1.82) is 0 Å². The molecule has 0 aliphatic carbocycles. The molecular formula is C14H16O6. The first-order valence-corrected chi connectivity index (χ1v) is 5.96. The van der Waals surface area contributed by atoms with Crippen LogP contribution in [-0.4, -0.2) is 48.6 Å². The van der Waals surface area contributed by atoms with Gasteiger partial charge in [0.15, 0.2) is 0 Å². The van der Waals surface area contributed by atoms with Crippen molar-refractivity contribution in [2.24, 2.45) is 0 Å². The van der Waals surface area contributed by atoms with E-state index in [9.17, 15) is 9.59 Å². The molecule has 0 bridgehead atoms. The van der Waals surface area contributed by atoms with Gasteiger partial charge in [0.1, 0.15) is 0 Å². The number of hydrogen-bond donors (Lipinski definition) is 2. The zero-order valence-corrected chi connectivity index (χ0v) is 10.9. The lowest BCUT2D eigenvalue weighted by Crippen LogP contribution is -2.03. The van der Waals surface area contributed by atoms with E-state index in [-0.39, 0.29) is 13.2 Å². The number of benzene rings is 1. The van der Waals surface area contributed by atoms with Crippen molar-refractivity contribution < 1.29 is 29.3 Å². The highest BCUT2D eigenvalue weighted by atomic mass is 16.6. The minimum Gasteiger partial charge on any atom is -0.394 e. The van der Waals surface area contributed by atoms with Crippen LogP contribution in [0.25, 0.3) is 6.08 Å². The standard InChI is InChI=1S/C10H6O3.C4H10O3/c1-2-6-3-4-7-8(5-6)10(12)13-9(7)11;5-1-3-7-4-2-6/h2-5H,1H2;5-6H,1-4H2. The van der Waals surface area contributed by atoms with Gasteiger partial charge in [-0.15, -0.1) is 0 Å². The van der Waals surface area contributed by atoms with Gasteiger partial charge >= 0.3 is 11.9 Å². The van der Waals surface area contributed by atoms with Crippen molar-refractivity contribution in [2.75, 3.05) is 26.4 Å². The van der Waals surface area contributed by atoms with E-state index in [0.717, 1.165) is 5.56 Å². The fourth-order valence-electron chi connectivity index (χ4n) is 1.46. The lowest BCUT2D eigenvalue weighted by Gasteiger charge is -1.94. The van der Waals surface area contributed by atoms with Crippen molar-refractivity contribution in [1.82, 2.24) is 0 Å². The predicted molar refractivity (Wildman–Crippen MR) is 71.3 cm³/mol. The Kier molecular flexibility index (Phi) is 6.58. The van der Waals surface area contributed by atoms with E-state index in [1.807, 2.05) is 0 Å². The van der Waals surface area contributed by atoms with E-state index >= 15 is 0 Å². The third-order valence-electron chi connectivity index (χ3n) is 2.38. The average Bonchev–Trinajstić information content (AvgIpc) is 2.75. The van der Waals surface area contributed by atoms with Gasteiger partial charge in [-0.1, -0.05) is 18.7 Å². The Morgan fingerprint density at radius 3 is 2.25 bits per heavy atom. The molecule has 1 aliphatic heterocycles. The maximum Gasteiger partial charge on any atom is 0.346 e. The summed E-state index contributed by atoms with van der Waals surface area (Å²) in [5.41, 5.74) is 1.45. The van der Waals surface area contributed by atoms with Gasteiger partial charge < -0.3 is 19.7 Å². The molecule has 0 saturated heterocycles. The molecule has 0 unspecified atom stereocenters. The van der Waals surface area contributed by atoms with Gasteiger partial charge in [0.05, 0.1) is 37.6 Å². The topological polar surface area (TPSA) is 93.1 Å². The van der Waals surface area contributed by atoms with Crippen LogP contribution in [0.2, 0.25) is 0 Å². The summed E-state index contributed by atoms with van der Waals surface area (Å²) in [5.74, 6) is -1.15. The molecule has 0 fully saturated rings. The molecule has 1 heterocycles. The molecular weight excluding hydrogens is 264 g/mol. The quantitative estimate of drug-likeness (QED) is 0.467. The molecule has 0 radical (unpaired) electrons. The molecule has 1 aromatic carbocycles. The van der Waals surface area contributed by atoms with Gasteiger partial charge in [-0.3, -0.25) is 0 Å². The molecule has 1 aromatic rings. The van der Waals surface area contributed by atoms with Gasteiger partial charge in [0.2, 0.25) is 0 Å². The number of esters is 2. The molecule has 0 spiro atoms. The van der Waals surface area contributed by atoms with Crippen LogP contribution in [0.5, 0.6) is 0 Å². The fourth-order valence-corrected chi connectivity index (χ4v) is 1.46. The molecule has 0 atom stereocenters. The second-order valence-electron chi connectivity index (χ2n) is 3.75. The first-order chi connectivity index (χ1) is 9.63. The van der Waals surface area contributed by atoms with Crippen molar-refractivity contribution in [2.45, 2.75) is 0 Å². The van der Waals surface area contributed by atoms with Crippen LogP contribution < -0.4 is 0 Å². The van der Waals surface area contributed by atoms with E-state index in [2.05, 4.69) is 16.1 Å². The first-order valence-electron chi connectivity index (χ1n) is 5.96. The minimum absolute atomic E-state index is 0.0278. The van der Waals surface area contributed by atoms with Crippen molar-refractivity contribution in [3.05, 3.63) is 41.5 Å². The Hall–Kier alpha value is -2.02. The number of carbonyl (C=O) groups excluding carboxylic acids is 2. The molecule has 1 aliphatic rings. The van der Waals surface area contributed by atoms with Crippen LogP contribution in [0.15, 0.2) is 24.8 Å². The van der Waals surface area contributed by atoms with Crippen LogP contribution in [0, 0.1) is 0 Å². The van der Waals surface area contributed by atoms with Crippen molar-refractivity contribution >= 4 is 18.0 Å². The van der Waals surface area contributed by atoms with E-state index in [1.165, 1.54) is 0 Å². The third kappa shape index (κ3) is 4.27. The molecule has 0 aromatic heterocycles. The molecule has 20 heavy (non-hydrogen) atoms. The predicted octanol–water partition coefficient (Wildman–Crippen LogP) is 0.628. The second-order valence-corrected chi connectivity index (χ2v) is 3.75. The molecule has 0 saturated carbocycles. The zero-order chi connectivity index (χ0) is 15.0. The highest BCUT2D eigenvalue weighted by Crippen LogP contribution is 2.21. The number of aliphatic hydroxyl groups is 2. The second kappa shape index (κ2) is 8.21. The van der Waals surface area contributed by atoms with Crippen LogP contribution in [0.1, 0.15) is 26.3 Å². The maximum absolute atomic E-state index is 11.1. The molecule has 0 amide bonds. The molecule has 6 heteroatoms. The third-order valence-corrected chi connectivity index (χ3v) is 2.38. The summed E-state index contributed by atoms with van der Waals surface area (Å²) in [4.78, 5) is 22.1. The summed E-state index contributed by atoms with van der Waals surface area (Å²) >= 11 is 0. The largest absolute Gasteiger partial charge is 0.394 e. The van der Waals surface area contributed by atoms with Gasteiger partial charge in [-0.05, 0) is 17.7 Å². The summed E-state index contributed by atoms with van der Waals surface area (Å²) in [6.45, 7) is 4.26. The summed E-state index contributed by atoms with van der Waals surface area (Å²) in [7, 11) is 0. The van der Waals surface area contributed by atoms with Crippen molar-refractivity contribution in [3.63, 3.8) is 0 Å². The van der Waals surface area contributed by atoms with Gasteiger partial charge in [-0.2, -0.15) is 0 Å². The van der Waals surface area contributed by atoms with Gasteiger partial charge in [0.25, 0.3) is 0 Å². The number of cyclic esters (lactones) is 2. The van der Waals surface area contributed by atoms with Crippen LogP contribution in [0.3, 0.4) is 0 Å². The maximum atomic E-state index is 11.1. The Morgan fingerprint density at radius 2 is 1.70 bits per heavy atom. The number of aliphatic hydroxyl groups excluding tert-OH is 2. The normalized spacial score (nSPS) is 12.3. The number of fused-ring (bicyclic) bond motifs is 1. The fraction of sp³-hybridized carbons (Fsp3) is 0.286. The van der Waals surface area contributed by atoms with E-state index in [0.29, 0.717) is 24.3 Å². The highest BCUT2D eigenvalue weighted by Gasteiger charge is 2.29. The molecule has 2 rings (SSSR count). The molecule has 6 nitrogen and oxygen atoms in total. The Bertz CT molecular complexity index is 490. The summed E-state index contributed by atoms with van der Waals surface area (Å²) in [6, 6.07) is 4.88. The first kappa shape index (κ1) is 16.0. The van der Waals surface area contributed by atoms with Crippen LogP contribution >= 0.6 is 0 Å². The average molecular weight is 280 g/mol. The van der Waals surface area contributed by atoms with E-state index in [1.54, 1.807) is 24.3 Å². The zero-order valence-electron chi connectivity index (χ0n) is 10.9. The van der Waals surface area contributed by atoms with E-state index < -0.39 is 11.9 Å².